The fourth-order valence-electron chi connectivity index (χ4n) is 3.36. The van der Waals surface area contributed by atoms with Crippen LogP contribution in [0.5, 0.6) is 0 Å². The first-order chi connectivity index (χ1) is 14.2. The number of halogens is 1. The Labute approximate surface area is 166 Å². The third-order valence-corrected chi connectivity index (χ3v) is 4.74. The fourth-order valence-corrected chi connectivity index (χ4v) is 3.36. The molecule has 0 spiro atoms. The quantitative estimate of drug-likeness (QED) is 0.511. The summed E-state index contributed by atoms with van der Waals surface area (Å²) in [4.78, 5) is 9.13. The van der Waals surface area contributed by atoms with Crippen LogP contribution in [0.25, 0.3) is 11.1 Å². The molecule has 1 aliphatic heterocycles. The molecule has 1 aliphatic rings. The number of aliphatic imine (C=N–C) groups is 1. The van der Waals surface area contributed by atoms with Crippen molar-refractivity contribution in [2.75, 3.05) is 10.6 Å². The molecule has 0 saturated carbocycles. The standard InChI is InChI=1S/C23H17FN4O/c1-14-22(28-23-27-21-17(24)11-7-13-19(21)29-23)26-20(15-8-3-2-4-9-15)16-10-5-6-12-18(16)25-14/h2-13,22,25H,1H2,(H,27,28). The van der Waals surface area contributed by atoms with Gasteiger partial charge in [0.1, 0.15) is 5.52 Å². The summed E-state index contributed by atoms with van der Waals surface area (Å²) in [7, 11) is 0. The molecule has 1 aromatic heterocycles. The zero-order valence-corrected chi connectivity index (χ0v) is 15.4. The summed E-state index contributed by atoms with van der Waals surface area (Å²) in [5.41, 5.74) is 4.85. The maximum absolute atomic E-state index is 14.0. The van der Waals surface area contributed by atoms with Crippen molar-refractivity contribution in [1.82, 2.24) is 4.98 Å². The zero-order valence-electron chi connectivity index (χ0n) is 15.4. The first kappa shape index (κ1) is 17.2. The van der Waals surface area contributed by atoms with E-state index in [-0.39, 0.29) is 11.5 Å². The third-order valence-electron chi connectivity index (χ3n) is 4.74. The van der Waals surface area contributed by atoms with Gasteiger partial charge in [-0.15, -0.1) is 0 Å². The number of rotatable bonds is 3. The number of nitrogens with zero attached hydrogens (tertiary/aromatic N) is 2. The van der Waals surface area contributed by atoms with Crippen molar-refractivity contribution < 1.29 is 8.81 Å². The van der Waals surface area contributed by atoms with E-state index in [4.69, 9.17) is 9.41 Å². The lowest BCUT2D eigenvalue weighted by atomic mass is 10.0. The first-order valence-electron chi connectivity index (χ1n) is 9.19. The Morgan fingerprint density at radius 2 is 1.76 bits per heavy atom. The molecule has 1 unspecified atom stereocenters. The third kappa shape index (κ3) is 3.14. The molecule has 4 aromatic rings. The summed E-state index contributed by atoms with van der Waals surface area (Å²) in [6, 6.07) is 22.6. The highest BCUT2D eigenvalue weighted by atomic mass is 19.1. The number of nitrogens with one attached hydrogen (secondary N) is 2. The van der Waals surface area contributed by atoms with E-state index < -0.39 is 12.0 Å². The molecule has 0 aliphatic carbocycles. The molecule has 0 bridgehead atoms. The molecule has 6 heteroatoms. The van der Waals surface area contributed by atoms with Gasteiger partial charge in [-0.05, 0) is 18.2 Å². The van der Waals surface area contributed by atoms with Gasteiger partial charge in [-0.3, -0.25) is 4.99 Å². The van der Waals surface area contributed by atoms with E-state index in [1.54, 1.807) is 12.1 Å². The number of anilines is 2. The Balaban J connectivity index is 1.58. The number of hydrogen-bond donors (Lipinski definition) is 2. The Morgan fingerprint density at radius 3 is 2.59 bits per heavy atom. The fraction of sp³-hybridized carbons (Fsp3) is 0.0435. The van der Waals surface area contributed by atoms with Gasteiger partial charge < -0.3 is 15.1 Å². The number of benzene rings is 3. The highest BCUT2D eigenvalue weighted by Gasteiger charge is 2.23. The van der Waals surface area contributed by atoms with Crippen molar-refractivity contribution in [3.8, 4) is 0 Å². The monoisotopic (exact) mass is 384 g/mol. The summed E-state index contributed by atoms with van der Waals surface area (Å²) in [5.74, 6) is -0.432. The normalized spacial score (nSPS) is 16.0. The molecule has 2 heterocycles. The average molecular weight is 384 g/mol. The predicted molar refractivity (Wildman–Crippen MR) is 113 cm³/mol. The molecule has 2 N–H and O–H groups in total. The van der Waals surface area contributed by atoms with Gasteiger partial charge in [-0.1, -0.05) is 61.2 Å². The Bertz CT molecular complexity index is 1250. The SMILES string of the molecule is C=C1Nc2ccccc2C(c2ccccc2)=NC1Nc1nc2c(F)cccc2o1. The van der Waals surface area contributed by atoms with Crippen molar-refractivity contribution in [2.24, 2.45) is 4.99 Å². The van der Waals surface area contributed by atoms with Gasteiger partial charge in [-0.2, -0.15) is 4.98 Å². The molecule has 1 atom stereocenters. The van der Waals surface area contributed by atoms with Crippen molar-refractivity contribution in [3.63, 3.8) is 0 Å². The summed E-state index contributed by atoms with van der Waals surface area (Å²) in [5, 5.41) is 6.45. The molecule has 5 rings (SSSR count). The van der Waals surface area contributed by atoms with E-state index in [1.165, 1.54) is 6.07 Å². The average Bonchev–Trinajstić information content (AvgIpc) is 3.10. The predicted octanol–water partition coefficient (Wildman–Crippen LogP) is 5.18. The van der Waals surface area contributed by atoms with E-state index in [0.29, 0.717) is 11.3 Å². The van der Waals surface area contributed by atoms with E-state index in [2.05, 4.69) is 22.2 Å². The molecule has 0 radical (unpaired) electrons. The van der Waals surface area contributed by atoms with Gasteiger partial charge >= 0.3 is 0 Å². The van der Waals surface area contributed by atoms with E-state index >= 15 is 0 Å². The second-order valence-electron chi connectivity index (χ2n) is 6.69. The van der Waals surface area contributed by atoms with Gasteiger partial charge in [0.2, 0.25) is 0 Å². The number of oxazole rings is 1. The van der Waals surface area contributed by atoms with Crippen LogP contribution in [0.1, 0.15) is 11.1 Å². The summed E-state index contributed by atoms with van der Waals surface area (Å²) in [6.45, 7) is 4.13. The molecule has 0 amide bonds. The highest BCUT2D eigenvalue weighted by molar-refractivity contribution is 6.16. The van der Waals surface area contributed by atoms with Crippen LogP contribution in [-0.2, 0) is 0 Å². The minimum absolute atomic E-state index is 0.178. The number of fused-ring (bicyclic) bond motifs is 2. The molecule has 3 aromatic carbocycles. The molecule has 0 fully saturated rings. The molecule has 29 heavy (non-hydrogen) atoms. The summed E-state index contributed by atoms with van der Waals surface area (Å²) >= 11 is 0. The molecule has 0 saturated heterocycles. The highest BCUT2D eigenvalue weighted by Crippen LogP contribution is 2.28. The van der Waals surface area contributed by atoms with Gasteiger partial charge in [0.15, 0.2) is 17.6 Å². The van der Waals surface area contributed by atoms with Gasteiger partial charge in [0, 0.05) is 16.8 Å². The number of benzodiazepines with no additional fused rings is 1. The minimum atomic E-state index is -0.561. The Morgan fingerprint density at radius 1 is 0.966 bits per heavy atom. The molecular formula is C23H17FN4O. The van der Waals surface area contributed by atoms with Crippen LogP contribution < -0.4 is 10.6 Å². The zero-order chi connectivity index (χ0) is 19.8. The molecule has 5 nitrogen and oxygen atoms in total. The second-order valence-corrected chi connectivity index (χ2v) is 6.69. The maximum atomic E-state index is 14.0. The van der Waals surface area contributed by atoms with Crippen molar-refractivity contribution in [1.29, 1.82) is 0 Å². The first-order valence-corrected chi connectivity index (χ1v) is 9.19. The van der Waals surface area contributed by atoms with E-state index in [1.807, 2.05) is 54.6 Å². The van der Waals surface area contributed by atoms with Crippen LogP contribution in [0.4, 0.5) is 16.1 Å². The van der Waals surface area contributed by atoms with Crippen molar-refractivity contribution in [2.45, 2.75) is 6.17 Å². The lowest BCUT2D eigenvalue weighted by Crippen LogP contribution is -2.23. The van der Waals surface area contributed by atoms with Gasteiger partial charge in [0.25, 0.3) is 6.01 Å². The van der Waals surface area contributed by atoms with Crippen LogP contribution in [0, 0.1) is 5.82 Å². The molecular weight excluding hydrogens is 367 g/mol. The van der Waals surface area contributed by atoms with Gasteiger partial charge in [0.05, 0.1) is 11.4 Å². The lowest BCUT2D eigenvalue weighted by Gasteiger charge is -2.15. The number of para-hydroxylation sites is 2. The number of hydrogen-bond acceptors (Lipinski definition) is 5. The second kappa shape index (κ2) is 6.91. The van der Waals surface area contributed by atoms with Crippen molar-refractivity contribution in [3.05, 3.63) is 102 Å². The van der Waals surface area contributed by atoms with Crippen molar-refractivity contribution >= 4 is 28.5 Å². The summed E-state index contributed by atoms with van der Waals surface area (Å²) in [6.07, 6.45) is -0.561. The maximum Gasteiger partial charge on any atom is 0.297 e. The Kier molecular flexibility index (Phi) is 4.09. The van der Waals surface area contributed by atoms with E-state index in [0.717, 1.165) is 22.5 Å². The van der Waals surface area contributed by atoms with Crippen LogP contribution in [0.2, 0.25) is 0 Å². The lowest BCUT2D eigenvalue weighted by molar-refractivity contribution is 0.605. The van der Waals surface area contributed by atoms with Crippen LogP contribution >= 0.6 is 0 Å². The number of aromatic nitrogens is 1. The smallest absolute Gasteiger partial charge is 0.297 e. The Hall–Kier alpha value is -3.93. The van der Waals surface area contributed by atoms with E-state index in [9.17, 15) is 4.39 Å². The van der Waals surface area contributed by atoms with Crippen LogP contribution in [-0.4, -0.2) is 16.9 Å². The summed E-state index contributed by atoms with van der Waals surface area (Å²) < 4.78 is 19.6. The van der Waals surface area contributed by atoms with Crippen LogP contribution in [0.15, 0.2) is 94.5 Å². The largest absolute Gasteiger partial charge is 0.423 e. The molecule has 142 valence electrons. The minimum Gasteiger partial charge on any atom is -0.423 e. The van der Waals surface area contributed by atoms with Crippen LogP contribution in [0.3, 0.4) is 0 Å². The van der Waals surface area contributed by atoms with Gasteiger partial charge in [-0.25, -0.2) is 4.39 Å². The topological polar surface area (TPSA) is 62.5 Å².